The van der Waals surface area contributed by atoms with E-state index in [1.807, 2.05) is 0 Å². The molecule has 1 aromatic carbocycles. The normalized spacial score (nSPS) is 31.6. The summed E-state index contributed by atoms with van der Waals surface area (Å²) < 4.78 is 0. The Hall–Kier alpha value is -0.820. The quantitative estimate of drug-likeness (QED) is 0.705. The van der Waals surface area contributed by atoms with Crippen molar-refractivity contribution < 1.29 is 0 Å². The molecule has 0 radical (unpaired) electrons. The van der Waals surface area contributed by atoms with E-state index in [1.54, 1.807) is 0 Å². The fourth-order valence-electron chi connectivity index (χ4n) is 3.99. The van der Waals surface area contributed by atoms with E-state index in [-0.39, 0.29) is 5.54 Å². The second-order valence-corrected chi connectivity index (χ2v) is 5.85. The molecule has 1 aromatic rings. The predicted octanol–water partition coefficient (Wildman–Crippen LogP) is 3.37. The molecule has 1 heteroatoms. The van der Waals surface area contributed by atoms with Gasteiger partial charge in [-0.1, -0.05) is 37.1 Å². The lowest BCUT2D eigenvalue weighted by Crippen LogP contribution is -2.52. The van der Waals surface area contributed by atoms with Crippen molar-refractivity contribution in [3.63, 3.8) is 0 Å². The van der Waals surface area contributed by atoms with Crippen LogP contribution in [0.1, 0.15) is 50.2 Å². The van der Waals surface area contributed by atoms with Crippen molar-refractivity contribution in [2.75, 3.05) is 0 Å². The van der Waals surface area contributed by atoms with Gasteiger partial charge in [-0.25, -0.2) is 0 Å². The molecule has 86 valence electrons. The first kappa shape index (κ1) is 10.3. The second kappa shape index (κ2) is 3.33. The Morgan fingerprint density at radius 3 is 2.50 bits per heavy atom. The molecule has 2 N–H and O–H groups in total. The van der Waals surface area contributed by atoms with E-state index < -0.39 is 0 Å². The fourth-order valence-corrected chi connectivity index (χ4v) is 3.99. The van der Waals surface area contributed by atoms with Crippen LogP contribution in [0.4, 0.5) is 0 Å². The highest BCUT2D eigenvalue weighted by molar-refractivity contribution is 5.38. The average Bonchev–Trinajstić information content (AvgIpc) is 2.75. The summed E-state index contributed by atoms with van der Waals surface area (Å²) in [7, 11) is 0. The zero-order valence-electron chi connectivity index (χ0n) is 10.1. The Morgan fingerprint density at radius 1 is 1.06 bits per heavy atom. The molecule has 0 unspecified atom stereocenters. The van der Waals surface area contributed by atoms with Crippen LogP contribution in [0, 0.1) is 5.41 Å². The molecular formula is C15H21N. The summed E-state index contributed by atoms with van der Waals surface area (Å²) in [5.74, 6) is 0. The average molecular weight is 215 g/mol. The fraction of sp³-hybridized carbons (Fsp3) is 0.600. The molecule has 0 aromatic heterocycles. The number of benzene rings is 1. The van der Waals surface area contributed by atoms with Gasteiger partial charge in [0.15, 0.2) is 0 Å². The lowest BCUT2D eigenvalue weighted by molar-refractivity contribution is 0.112. The molecule has 16 heavy (non-hydrogen) atoms. The van der Waals surface area contributed by atoms with Gasteiger partial charge in [0, 0.05) is 5.54 Å². The molecule has 0 saturated heterocycles. The van der Waals surface area contributed by atoms with Gasteiger partial charge in [0.2, 0.25) is 0 Å². The predicted molar refractivity (Wildman–Crippen MR) is 67.2 cm³/mol. The smallest absolute Gasteiger partial charge is 0.0440 e. The lowest BCUT2D eigenvalue weighted by atomic mass is 9.59. The van der Waals surface area contributed by atoms with Gasteiger partial charge in [-0.15, -0.1) is 0 Å². The van der Waals surface area contributed by atoms with Crippen LogP contribution in [0.2, 0.25) is 0 Å². The van der Waals surface area contributed by atoms with Crippen molar-refractivity contribution in [3.8, 4) is 0 Å². The summed E-state index contributed by atoms with van der Waals surface area (Å²) in [4.78, 5) is 0. The summed E-state index contributed by atoms with van der Waals surface area (Å²) >= 11 is 0. The minimum absolute atomic E-state index is 0.113. The number of hydrogen-bond acceptors (Lipinski definition) is 1. The van der Waals surface area contributed by atoms with Gasteiger partial charge in [0.1, 0.15) is 0 Å². The van der Waals surface area contributed by atoms with E-state index in [2.05, 4.69) is 31.2 Å². The summed E-state index contributed by atoms with van der Waals surface area (Å²) in [6, 6.07) is 8.77. The highest BCUT2D eigenvalue weighted by atomic mass is 14.8. The third kappa shape index (κ3) is 1.21. The van der Waals surface area contributed by atoms with Crippen molar-refractivity contribution in [3.05, 3.63) is 35.4 Å². The minimum atomic E-state index is -0.113. The van der Waals surface area contributed by atoms with Gasteiger partial charge >= 0.3 is 0 Å². The van der Waals surface area contributed by atoms with Crippen molar-refractivity contribution in [2.45, 2.75) is 51.0 Å². The van der Waals surface area contributed by atoms with Gasteiger partial charge in [0.25, 0.3) is 0 Å². The maximum atomic E-state index is 6.73. The first-order valence-electron chi connectivity index (χ1n) is 6.53. The number of fused-ring (bicyclic) bond motifs is 1. The summed E-state index contributed by atoms with van der Waals surface area (Å²) in [6.07, 6.45) is 7.91. The molecule has 2 aliphatic carbocycles. The van der Waals surface area contributed by atoms with Crippen LogP contribution in [-0.4, -0.2) is 0 Å². The molecule has 0 heterocycles. The van der Waals surface area contributed by atoms with Crippen LogP contribution in [-0.2, 0) is 12.0 Å². The maximum Gasteiger partial charge on any atom is 0.0440 e. The molecule has 0 aliphatic heterocycles. The SMILES string of the molecule is C[C@@]1(N)c2ccccc2CCC12CCCC2. The molecule has 2 aliphatic rings. The molecule has 0 bridgehead atoms. The van der Waals surface area contributed by atoms with Gasteiger partial charge in [-0.05, 0) is 49.1 Å². The molecule has 1 spiro atoms. The third-order valence-electron chi connectivity index (χ3n) is 5.11. The number of nitrogens with two attached hydrogens (primary N) is 1. The second-order valence-electron chi connectivity index (χ2n) is 5.85. The van der Waals surface area contributed by atoms with Crippen LogP contribution >= 0.6 is 0 Å². The summed E-state index contributed by atoms with van der Waals surface area (Å²) in [6.45, 7) is 2.26. The van der Waals surface area contributed by atoms with Crippen molar-refractivity contribution >= 4 is 0 Å². The molecule has 1 fully saturated rings. The topological polar surface area (TPSA) is 26.0 Å². The minimum Gasteiger partial charge on any atom is -0.321 e. The Kier molecular flexibility index (Phi) is 2.16. The van der Waals surface area contributed by atoms with E-state index in [4.69, 9.17) is 5.73 Å². The number of rotatable bonds is 0. The van der Waals surface area contributed by atoms with Crippen LogP contribution in [0.5, 0.6) is 0 Å². The van der Waals surface area contributed by atoms with Crippen molar-refractivity contribution in [1.29, 1.82) is 0 Å². The molecule has 1 nitrogen and oxygen atoms in total. The van der Waals surface area contributed by atoms with E-state index in [0.29, 0.717) is 5.41 Å². The Balaban J connectivity index is 2.11. The largest absolute Gasteiger partial charge is 0.321 e. The van der Waals surface area contributed by atoms with E-state index in [9.17, 15) is 0 Å². The molecule has 1 atom stereocenters. The van der Waals surface area contributed by atoms with Crippen molar-refractivity contribution in [1.82, 2.24) is 0 Å². The van der Waals surface area contributed by atoms with E-state index >= 15 is 0 Å². The monoisotopic (exact) mass is 215 g/mol. The molecule has 0 amide bonds. The van der Waals surface area contributed by atoms with Crippen LogP contribution in [0.15, 0.2) is 24.3 Å². The van der Waals surface area contributed by atoms with E-state index in [1.165, 1.54) is 49.7 Å². The first-order valence-corrected chi connectivity index (χ1v) is 6.53. The highest BCUT2D eigenvalue weighted by Crippen LogP contribution is 2.55. The molecule has 3 rings (SSSR count). The van der Waals surface area contributed by atoms with Crippen LogP contribution in [0.3, 0.4) is 0 Å². The summed E-state index contributed by atoms with van der Waals surface area (Å²) in [5.41, 5.74) is 9.89. The molecular weight excluding hydrogens is 194 g/mol. The Bertz CT molecular complexity index is 400. The Labute approximate surface area is 98.0 Å². The first-order chi connectivity index (χ1) is 7.66. The maximum absolute atomic E-state index is 6.73. The third-order valence-corrected chi connectivity index (χ3v) is 5.11. The zero-order chi connectivity index (χ0) is 11.2. The van der Waals surface area contributed by atoms with Gasteiger partial charge in [-0.2, -0.15) is 0 Å². The van der Waals surface area contributed by atoms with Crippen LogP contribution in [0.25, 0.3) is 0 Å². The summed E-state index contributed by atoms with van der Waals surface area (Å²) in [5, 5.41) is 0. The zero-order valence-corrected chi connectivity index (χ0v) is 10.1. The lowest BCUT2D eigenvalue weighted by Gasteiger charge is -2.49. The molecule has 1 saturated carbocycles. The van der Waals surface area contributed by atoms with Gasteiger partial charge in [-0.3, -0.25) is 0 Å². The highest BCUT2D eigenvalue weighted by Gasteiger charge is 2.50. The van der Waals surface area contributed by atoms with Gasteiger partial charge < -0.3 is 5.73 Å². The van der Waals surface area contributed by atoms with Crippen LogP contribution < -0.4 is 5.73 Å². The number of aryl methyl sites for hydroxylation is 1. The van der Waals surface area contributed by atoms with Crippen molar-refractivity contribution in [2.24, 2.45) is 11.1 Å². The standard InChI is InChI=1S/C15H21N/c1-14(16)13-7-3-2-6-12(13)8-11-15(14)9-4-5-10-15/h2-3,6-7H,4-5,8-11,16H2,1H3/t14-/m1/s1. The number of hydrogen-bond donors (Lipinski definition) is 1. The Morgan fingerprint density at radius 2 is 1.75 bits per heavy atom. The van der Waals surface area contributed by atoms with Gasteiger partial charge in [0.05, 0.1) is 0 Å². The van der Waals surface area contributed by atoms with E-state index in [0.717, 1.165) is 0 Å².